The van der Waals surface area contributed by atoms with Gasteiger partial charge in [0.25, 0.3) is 0 Å². The molecule has 1 N–H and O–H groups in total. The smallest absolute Gasteiger partial charge is 0.160 e. The molecule has 84 valence electrons. The number of rotatable bonds is 4. The van der Waals surface area contributed by atoms with E-state index < -0.39 is 0 Å². The van der Waals surface area contributed by atoms with Gasteiger partial charge in [-0.2, -0.15) is 0 Å². The average Bonchev–Trinajstić information content (AvgIpc) is 2.72. The zero-order valence-electron chi connectivity index (χ0n) is 9.41. The maximum absolute atomic E-state index is 11.3. The minimum atomic E-state index is 0.312. The van der Waals surface area contributed by atoms with Crippen molar-refractivity contribution >= 4 is 5.78 Å². The van der Waals surface area contributed by atoms with Gasteiger partial charge in [0.15, 0.2) is 5.78 Å². The Kier molecular flexibility index (Phi) is 3.76. The van der Waals surface area contributed by atoms with Crippen LogP contribution in [0, 0.1) is 0 Å². The van der Waals surface area contributed by atoms with Crippen molar-refractivity contribution < 1.29 is 4.79 Å². The maximum Gasteiger partial charge on any atom is 0.160 e. The first kappa shape index (κ1) is 10.9. The first-order valence-corrected chi connectivity index (χ1v) is 5.86. The standard InChI is InChI=1S/C14H17NO/c16-14-8-4-7-13(14)11-15-10-9-12-5-2-1-3-6-12/h1-3,5-6,11,15H,4,7-10H2. The maximum atomic E-state index is 11.3. The normalized spacial score (nSPS) is 18.0. The van der Waals surface area contributed by atoms with Gasteiger partial charge in [-0.05, 0) is 24.8 Å². The number of nitrogens with one attached hydrogen (secondary N) is 1. The van der Waals surface area contributed by atoms with Gasteiger partial charge in [0.1, 0.15) is 0 Å². The van der Waals surface area contributed by atoms with Gasteiger partial charge in [0.2, 0.25) is 0 Å². The molecule has 2 nitrogen and oxygen atoms in total. The molecule has 1 aliphatic rings. The molecular formula is C14H17NO. The van der Waals surface area contributed by atoms with E-state index in [4.69, 9.17) is 0 Å². The third kappa shape index (κ3) is 2.96. The third-order valence-electron chi connectivity index (χ3n) is 2.89. The van der Waals surface area contributed by atoms with Crippen LogP contribution in [-0.2, 0) is 11.2 Å². The number of allylic oxidation sites excluding steroid dienone is 1. The van der Waals surface area contributed by atoms with E-state index in [9.17, 15) is 4.79 Å². The van der Waals surface area contributed by atoms with E-state index in [-0.39, 0.29) is 0 Å². The lowest BCUT2D eigenvalue weighted by Gasteiger charge is -2.02. The summed E-state index contributed by atoms with van der Waals surface area (Å²) in [5.41, 5.74) is 2.29. The van der Waals surface area contributed by atoms with E-state index in [0.29, 0.717) is 5.78 Å². The fourth-order valence-corrected chi connectivity index (χ4v) is 1.95. The second kappa shape index (κ2) is 5.50. The van der Waals surface area contributed by atoms with E-state index in [0.717, 1.165) is 37.8 Å². The molecule has 1 aliphatic carbocycles. The van der Waals surface area contributed by atoms with Crippen molar-refractivity contribution in [3.05, 3.63) is 47.7 Å². The molecule has 2 rings (SSSR count). The molecule has 0 aromatic heterocycles. The second-order valence-corrected chi connectivity index (χ2v) is 4.14. The summed E-state index contributed by atoms with van der Waals surface area (Å²) >= 11 is 0. The predicted molar refractivity (Wildman–Crippen MR) is 65.1 cm³/mol. The zero-order valence-corrected chi connectivity index (χ0v) is 9.41. The molecule has 0 atom stereocenters. The molecule has 1 saturated carbocycles. The van der Waals surface area contributed by atoms with E-state index >= 15 is 0 Å². The summed E-state index contributed by atoms with van der Waals surface area (Å²) in [5.74, 6) is 0.312. The van der Waals surface area contributed by atoms with Gasteiger partial charge >= 0.3 is 0 Å². The highest BCUT2D eigenvalue weighted by Crippen LogP contribution is 2.19. The summed E-state index contributed by atoms with van der Waals surface area (Å²) in [7, 11) is 0. The first-order valence-electron chi connectivity index (χ1n) is 5.86. The summed E-state index contributed by atoms with van der Waals surface area (Å²) in [5, 5.41) is 3.22. The molecule has 0 bridgehead atoms. The molecule has 1 fully saturated rings. The number of hydrogen-bond acceptors (Lipinski definition) is 2. The molecule has 0 heterocycles. The van der Waals surface area contributed by atoms with Gasteiger partial charge in [0, 0.05) is 24.7 Å². The van der Waals surface area contributed by atoms with Crippen LogP contribution < -0.4 is 5.32 Å². The van der Waals surface area contributed by atoms with E-state index in [1.807, 2.05) is 24.4 Å². The number of hydrogen-bond donors (Lipinski definition) is 1. The Morgan fingerprint density at radius 3 is 2.69 bits per heavy atom. The molecule has 1 aromatic carbocycles. The fraction of sp³-hybridized carbons (Fsp3) is 0.357. The van der Waals surface area contributed by atoms with Crippen LogP contribution in [0.25, 0.3) is 0 Å². The minimum absolute atomic E-state index is 0.312. The van der Waals surface area contributed by atoms with Crippen molar-refractivity contribution in [1.82, 2.24) is 5.32 Å². The number of carbonyl (C=O) groups is 1. The summed E-state index contributed by atoms with van der Waals surface area (Å²) in [6, 6.07) is 10.4. The summed E-state index contributed by atoms with van der Waals surface area (Å²) < 4.78 is 0. The van der Waals surface area contributed by atoms with E-state index in [2.05, 4.69) is 17.4 Å². The summed E-state index contributed by atoms with van der Waals surface area (Å²) in [6.07, 6.45) is 5.59. The van der Waals surface area contributed by atoms with Gasteiger partial charge in [0.05, 0.1) is 0 Å². The van der Waals surface area contributed by atoms with Crippen LogP contribution in [0.5, 0.6) is 0 Å². The Labute approximate surface area is 96.4 Å². The highest BCUT2D eigenvalue weighted by molar-refractivity contribution is 5.97. The molecule has 16 heavy (non-hydrogen) atoms. The SMILES string of the molecule is O=C1CCCC1=CNCCc1ccccc1. The molecule has 0 aliphatic heterocycles. The van der Waals surface area contributed by atoms with Crippen LogP contribution in [0.15, 0.2) is 42.1 Å². The third-order valence-corrected chi connectivity index (χ3v) is 2.89. The van der Waals surface area contributed by atoms with Gasteiger partial charge in [-0.25, -0.2) is 0 Å². The Morgan fingerprint density at radius 2 is 2.00 bits per heavy atom. The Balaban J connectivity index is 1.75. The lowest BCUT2D eigenvalue weighted by atomic mass is 10.1. The number of ketones is 1. The van der Waals surface area contributed by atoms with Crippen molar-refractivity contribution in [3.8, 4) is 0 Å². The molecule has 2 heteroatoms. The second-order valence-electron chi connectivity index (χ2n) is 4.14. The molecular weight excluding hydrogens is 198 g/mol. The molecule has 0 saturated heterocycles. The van der Waals surface area contributed by atoms with Crippen molar-refractivity contribution in [1.29, 1.82) is 0 Å². The molecule has 0 amide bonds. The van der Waals surface area contributed by atoms with Crippen LogP contribution in [-0.4, -0.2) is 12.3 Å². The Bertz CT molecular complexity index is 381. The first-order chi connectivity index (χ1) is 7.86. The van der Waals surface area contributed by atoms with Crippen LogP contribution >= 0.6 is 0 Å². The van der Waals surface area contributed by atoms with Crippen molar-refractivity contribution in [2.75, 3.05) is 6.54 Å². The Morgan fingerprint density at radius 1 is 1.19 bits per heavy atom. The summed E-state index contributed by atoms with van der Waals surface area (Å²) in [4.78, 5) is 11.3. The van der Waals surface area contributed by atoms with Crippen molar-refractivity contribution in [2.24, 2.45) is 0 Å². The van der Waals surface area contributed by atoms with Gasteiger partial charge < -0.3 is 5.32 Å². The highest BCUT2D eigenvalue weighted by Gasteiger charge is 2.15. The van der Waals surface area contributed by atoms with Gasteiger partial charge in [-0.1, -0.05) is 30.3 Å². The summed E-state index contributed by atoms with van der Waals surface area (Å²) in [6.45, 7) is 0.890. The van der Waals surface area contributed by atoms with E-state index in [1.54, 1.807) is 0 Å². The van der Waals surface area contributed by atoms with Crippen LogP contribution in [0.4, 0.5) is 0 Å². The van der Waals surface area contributed by atoms with Crippen LogP contribution in [0.3, 0.4) is 0 Å². The van der Waals surface area contributed by atoms with Crippen LogP contribution in [0.1, 0.15) is 24.8 Å². The van der Waals surface area contributed by atoms with Crippen molar-refractivity contribution in [2.45, 2.75) is 25.7 Å². The predicted octanol–water partition coefficient (Wildman–Crippen LogP) is 2.46. The Hall–Kier alpha value is -1.57. The van der Waals surface area contributed by atoms with Crippen LogP contribution in [0.2, 0.25) is 0 Å². The lowest BCUT2D eigenvalue weighted by Crippen LogP contribution is -2.11. The highest BCUT2D eigenvalue weighted by atomic mass is 16.1. The molecule has 0 spiro atoms. The molecule has 1 aromatic rings. The lowest BCUT2D eigenvalue weighted by molar-refractivity contribution is -0.114. The zero-order chi connectivity index (χ0) is 11.2. The number of carbonyl (C=O) groups excluding carboxylic acids is 1. The number of benzene rings is 1. The van der Waals surface area contributed by atoms with Gasteiger partial charge in [-0.15, -0.1) is 0 Å². The van der Waals surface area contributed by atoms with Crippen molar-refractivity contribution in [3.63, 3.8) is 0 Å². The quantitative estimate of drug-likeness (QED) is 0.617. The minimum Gasteiger partial charge on any atom is -0.390 e. The molecule has 0 radical (unpaired) electrons. The van der Waals surface area contributed by atoms with Gasteiger partial charge in [-0.3, -0.25) is 4.79 Å². The monoisotopic (exact) mass is 215 g/mol. The number of Topliss-reactive ketones (excluding diaryl/α,β-unsaturated/α-hetero) is 1. The largest absolute Gasteiger partial charge is 0.390 e. The molecule has 0 unspecified atom stereocenters. The average molecular weight is 215 g/mol. The fourth-order valence-electron chi connectivity index (χ4n) is 1.95. The van der Waals surface area contributed by atoms with E-state index in [1.165, 1.54) is 5.56 Å². The topological polar surface area (TPSA) is 29.1 Å².